The third-order valence-electron chi connectivity index (χ3n) is 4.56. The number of carbonyl (C=O) groups excluding carboxylic acids is 1. The Morgan fingerprint density at radius 2 is 1.86 bits per heavy atom. The molecular formula is C16H20Br2N2O. The average Bonchev–Trinajstić information content (AvgIpc) is 2.44. The van der Waals surface area contributed by atoms with Crippen molar-refractivity contribution >= 4 is 37.8 Å². The van der Waals surface area contributed by atoms with Crippen molar-refractivity contribution in [2.45, 2.75) is 38.3 Å². The third kappa shape index (κ3) is 3.35. The number of nitrogens with zero attached hydrogens (tertiary/aromatic N) is 2. The molecule has 2 atom stereocenters. The minimum atomic E-state index is 0.148. The molecule has 2 unspecified atom stereocenters. The van der Waals surface area contributed by atoms with Gasteiger partial charge in [0.1, 0.15) is 0 Å². The molecule has 0 saturated carbocycles. The summed E-state index contributed by atoms with van der Waals surface area (Å²) < 4.78 is 1.87. The van der Waals surface area contributed by atoms with Gasteiger partial charge < -0.3 is 4.90 Å². The van der Waals surface area contributed by atoms with Crippen LogP contribution in [0.25, 0.3) is 0 Å². The molecule has 0 aliphatic carbocycles. The van der Waals surface area contributed by atoms with Crippen LogP contribution in [0.4, 0.5) is 0 Å². The van der Waals surface area contributed by atoms with Gasteiger partial charge in [-0.3, -0.25) is 9.69 Å². The molecule has 21 heavy (non-hydrogen) atoms. The second-order valence-electron chi connectivity index (χ2n) is 6.11. The molecule has 1 aromatic carbocycles. The van der Waals surface area contributed by atoms with E-state index in [1.54, 1.807) is 0 Å². The third-order valence-corrected chi connectivity index (χ3v) is 5.47. The molecule has 2 fully saturated rings. The number of amides is 1. The van der Waals surface area contributed by atoms with Crippen LogP contribution in [0.3, 0.4) is 0 Å². The predicted molar refractivity (Wildman–Crippen MR) is 91.6 cm³/mol. The lowest BCUT2D eigenvalue weighted by atomic mass is 9.96. The number of hydrogen-bond donors (Lipinski definition) is 0. The molecule has 1 amide bonds. The lowest BCUT2D eigenvalue weighted by molar-refractivity contribution is 0.0151. The Bertz CT molecular complexity index is 529. The molecule has 0 N–H and O–H groups in total. The number of benzene rings is 1. The molecule has 2 aliphatic rings. The summed E-state index contributed by atoms with van der Waals surface area (Å²) >= 11 is 6.93. The van der Waals surface area contributed by atoms with Crippen LogP contribution in [0, 0.1) is 0 Å². The SMILES string of the molecule is CC1CN2CCCCC2CN1C(=O)c1cc(Br)cc(Br)c1. The number of fused-ring (bicyclic) bond motifs is 1. The Kier molecular flexibility index (Phi) is 4.71. The van der Waals surface area contributed by atoms with Crippen molar-refractivity contribution in [1.82, 2.24) is 9.80 Å². The zero-order valence-corrected chi connectivity index (χ0v) is 15.4. The lowest BCUT2D eigenvalue weighted by Gasteiger charge is -2.47. The summed E-state index contributed by atoms with van der Waals surface area (Å²) in [6, 6.07) is 6.61. The molecule has 3 rings (SSSR count). The van der Waals surface area contributed by atoms with Gasteiger partial charge in [0.15, 0.2) is 0 Å². The van der Waals surface area contributed by atoms with E-state index in [-0.39, 0.29) is 11.9 Å². The first kappa shape index (κ1) is 15.5. The van der Waals surface area contributed by atoms with Gasteiger partial charge in [-0.2, -0.15) is 0 Å². The Morgan fingerprint density at radius 3 is 2.57 bits per heavy atom. The monoisotopic (exact) mass is 414 g/mol. The van der Waals surface area contributed by atoms with Gasteiger partial charge in [-0.05, 0) is 44.5 Å². The van der Waals surface area contributed by atoms with E-state index >= 15 is 0 Å². The van der Waals surface area contributed by atoms with E-state index in [0.717, 1.165) is 27.6 Å². The van der Waals surface area contributed by atoms with Crippen LogP contribution in [-0.2, 0) is 0 Å². The maximum Gasteiger partial charge on any atom is 0.254 e. The molecular weight excluding hydrogens is 396 g/mol. The van der Waals surface area contributed by atoms with E-state index in [4.69, 9.17) is 0 Å². The van der Waals surface area contributed by atoms with Crippen molar-refractivity contribution in [2.75, 3.05) is 19.6 Å². The Morgan fingerprint density at radius 1 is 1.14 bits per heavy atom. The van der Waals surface area contributed by atoms with Gasteiger partial charge in [0.2, 0.25) is 0 Å². The molecule has 1 aromatic rings. The van der Waals surface area contributed by atoms with E-state index in [1.165, 1.54) is 25.8 Å². The summed E-state index contributed by atoms with van der Waals surface area (Å²) in [6.07, 6.45) is 3.81. The van der Waals surface area contributed by atoms with Gasteiger partial charge in [-0.1, -0.05) is 38.3 Å². The Labute approximate surface area is 142 Å². The van der Waals surface area contributed by atoms with Crippen LogP contribution < -0.4 is 0 Å². The second kappa shape index (κ2) is 6.39. The number of carbonyl (C=O) groups is 1. The standard InChI is InChI=1S/C16H20Br2N2O/c1-11-9-19-5-3-2-4-15(19)10-20(11)16(21)12-6-13(17)8-14(18)7-12/h6-8,11,15H,2-5,9-10H2,1H3. The topological polar surface area (TPSA) is 23.6 Å². The van der Waals surface area contributed by atoms with Crippen LogP contribution in [0.5, 0.6) is 0 Å². The van der Waals surface area contributed by atoms with E-state index in [0.29, 0.717) is 6.04 Å². The highest BCUT2D eigenvalue weighted by atomic mass is 79.9. The van der Waals surface area contributed by atoms with Gasteiger partial charge in [0.25, 0.3) is 5.91 Å². The zero-order chi connectivity index (χ0) is 15.0. The van der Waals surface area contributed by atoms with E-state index in [1.807, 2.05) is 18.2 Å². The maximum atomic E-state index is 12.9. The smallest absolute Gasteiger partial charge is 0.254 e. The summed E-state index contributed by atoms with van der Waals surface area (Å²) in [5.74, 6) is 0.148. The van der Waals surface area contributed by atoms with Gasteiger partial charge in [0.05, 0.1) is 0 Å². The van der Waals surface area contributed by atoms with Crippen molar-refractivity contribution in [2.24, 2.45) is 0 Å². The first-order valence-corrected chi connectivity index (χ1v) is 9.14. The minimum Gasteiger partial charge on any atom is -0.333 e. The van der Waals surface area contributed by atoms with Crippen molar-refractivity contribution in [3.05, 3.63) is 32.7 Å². The van der Waals surface area contributed by atoms with E-state index < -0.39 is 0 Å². The molecule has 0 aromatic heterocycles. The van der Waals surface area contributed by atoms with E-state index in [9.17, 15) is 4.79 Å². The Balaban J connectivity index is 1.80. The molecule has 2 aliphatic heterocycles. The highest BCUT2D eigenvalue weighted by Gasteiger charge is 2.35. The number of halogens is 2. The zero-order valence-electron chi connectivity index (χ0n) is 12.2. The van der Waals surface area contributed by atoms with Crippen molar-refractivity contribution in [3.63, 3.8) is 0 Å². The molecule has 3 nitrogen and oxygen atoms in total. The fourth-order valence-electron chi connectivity index (χ4n) is 3.48. The summed E-state index contributed by atoms with van der Waals surface area (Å²) in [5.41, 5.74) is 0.757. The number of hydrogen-bond acceptors (Lipinski definition) is 2. The van der Waals surface area contributed by atoms with Gasteiger partial charge in [0, 0.05) is 39.7 Å². The highest BCUT2D eigenvalue weighted by Crippen LogP contribution is 2.27. The van der Waals surface area contributed by atoms with Crippen LogP contribution in [0.15, 0.2) is 27.1 Å². The maximum absolute atomic E-state index is 12.9. The fourth-order valence-corrected chi connectivity index (χ4v) is 4.77. The van der Waals surface area contributed by atoms with Gasteiger partial charge >= 0.3 is 0 Å². The Hall–Kier alpha value is -0.390. The van der Waals surface area contributed by atoms with Gasteiger partial charge in [-0.15, -0.1) is 0 Å². The van der Waals surface area contributed by atoms with Crippen molar-refractivity contribution in [1.29, 1.82) is 0 Å². The first-order chi connectivity index (χ1) is 10.0. The van der Waals surface area contributed by atoms with Crippen LogP contribution in [-0.4, -0.2) is 47.4 Å². The molecule has 0 radical (unpaired) electrons. The molecule has 0 spiro atoms. The minimum absolute atomic E-state index is 0.148. The average molecular weight is 416 g/mol. The summed E-state index contributed by atoms with van der Waals surface area (Å²) in [5, 5.41) is 0. The summed E-state index contributed by atoms with van der Waals surface area (Å²) in [7, 11) is 0. The predicted octanol–water partition coefficient (Wildman–Crippen LogP) is 3.91. The van der Waals surface area contributed by atoms with Crippen LogP contribution in [0.1, 0.15) is 36.5 Å². The fraction of sp³-hybridized carbons (Fsp3) is 0.562. The number of rotatable bonds is 1. The van der Waals surface area contributed by atoms with Crippen LogP contribution >= 0.6 is 31.9 Å². The quantitative estimate of drug-likeness (QED) is 0.694. The molecule has 0 bridgehead atoms. The first-order valence-electron chi connectivity index (χ1n) is 7.55. The van der Waals surface area contributed by atoms with Crippen molar-refractivity contribution in [3.8, 4) is 0 Å². The number of piperidine rings is 1. The second-order valence-corrected chi connectivity index (χ2v) is 7.94. The largest absolute Gasteiger partial charge is 0.333 e. The molecule has 2 saturated heterocycles. The van der Waals surface area contributed by atoms with Gasteiger partial charge in [-0.25, -0.2) is 0 Å². The number of piperazine rings is 1. The molecule has 5 heteroatoms. The lowest BCUT2D eigenvalue weighted by Crippen LogP contribution is -2.60. The van der Waals surface area contributed by atoms with Crippen LogP contribution in [0.2, 0.25) is 0 Å². The normalized spacial score (nSPS) is 26.5. The summed E-state index contributed by atoms with van der Waals surface area (Å²) in [4.78, 5) is 17.5. The highest BCUT2D eigenvalue weighted by molar-refractivity contribution is 9.11. The molecule has 2 heterocycles. The van der Waals surface area contributed by atoms with Crippen molar-refractivity contribution < 1.29 is 4.79 Å². The molecule has 114 valence electrons. The van der Waals surface area contributed by atoms with E-state index in [2.05, 4.69) is 48.6 Å². The summed E-state index contributed by atoms with van der Waals surface area (Å²) in [6.45, 7) is 5.23.